The van der Waals surface area contributed by atoms with E-state index in [0.29, 0.717) is 12.3 Å². The van der Waals surface area contributed by atoms with Crippen LogP contribution in [0.3, 0.4) is 0 Å². The van der Waals surface area contributed by atoms with E-state index in [1.165, 1.54) is 13.2 Å². The molecule has 3 rings (SSSR count). The molecule has 0 saturated heterocycles. The predicted octanol–water partition coefficient (Wildman–Crippen LogP) is 3.59. The van der Waals surface area contributed by atoms with Crippen LogP contribution in [0.5, 0.6) is 11.6 Å². The SMILES string of the molecule is COc1cc(-c2cc(Cc3cnc(C)nc3)cnc2OC)ccc1F. The number of aryl methyl sites for hydroxylation is 1. The van der Waals surface area contributed by atoms with Gasteiger partial charge in [0.15, 0.2) is 11.6 Å². The van der Waals surface area contributed by atoms with E-state index in [1.807, 2.05) is 13.0 Å². The average molecular weight is 339 g/mol. The third kappa shape index (κ3) is 3.74. The highest BCUT2D eigenvalue weighted by Crippen LogP contribution is 2.32. The highest BCUT2D eigenvalue weighted by Gasteiger charge is 2.12. The number of aromatic nitrogens is 3. The number of benzene rings is 1. The molecule has 5 nitrogen and oxygen atoms in total. The van der Waals surface area contributed by atoms with Gasteiger partial charge in [0.25, 0.3) is 0 Å². The zero-order chi connectivity index (χ0) is 17.8. The summed E-state index contributed by atoms with van der Waals surface area (Å²) in [5, 5.41) is 0. The molecular formula is C19H18FN3O2. The van der Waals surface area contributed by atoms with Gasteiger partial charge in [0.1, 0.15) is 5.82 Å². The molecule has 0 aliphatic heterocycles. The van der Waals surface area contributed by atoms with Gasteiger partial charge in [0, 0.05) is 30.6 Å². The van der Waals surface area contributed by atoms with E-state index in [2.05, 4.69) is 15.0 Å². The molecule has 128 valence electrons. The highest BCUT2D eigenvalue weighted by atomic mass is 19.1. The van der Waals surface area contributed by atoms with Crippen LogP contribution in [0.4, 0.5) is 4.39 Å². The second kappa shape index (κ2) is 7.25. The summed E-state index contributed by atoms with van der Waals surface area (Å²) in [7, 11) is 2.99. The number of halogens is 1. The molecule has 2 aromatic heterocycles. The lowest BCUT2D eigenvalue weighted by atomic mass is 10.0. The summed E-state index contributed by atoms with van der Waals surface area (Å²) in [6.07, 6.45) is 5.99. The normalized spacial score (nSPS) is 10.6. The maximum atomic E-state index is 13.7. The Morgan fingerprint density at radius 1 is 0.920 bits per heavy atom. The third-order valence-corrected chi connectivity index (χ3v) is 3.81. The van der Waals surface area contributed by atoms with Crippen molar-refractivity contribution < 1.29 is 13.9 Å². The van der Waals surface area contributed by atoms with Crippen molar-refractivity contribution in [3.63, 3.8) is 0 Å². The summed E-state index contributed by atoms with van der Waals surface area (Å²) >= 11 is 0. The molecule has 0 fully saturated rings. The fourth-order valence-corrected chi connectivity index (χ4v) is 2.54. The Balaban J connectivity index is 1.99. The maximum absolute atomic E-state index is 13.7. The fourth-order valence-electron chi connectivity index (χ4n) is 2.54. The van der Waals surface area contributed by atoms with Crippen LogP contribution in [0.25, 0.3) is 11.1 Å². The summed E-state index contributed by atoms with van der Waals surface area (Å²) in [5.41, 5.74) is 3.50. The summed E-state index contributed by atoms with van der Waals surface area (Å²) in [4.78, 5) is 12.8. The standard InChI is InChI=1S/C19H18FN3O2/c1-12-21-10-14(11-22-12)6-13-7-16(19(25-3)23-9-13)15-4-5-17(20)18(8-15)24-2/h4-5,7-11H,6H2,1-3H3. The molecule has 0 amide bonds. The van der Waals surface area contributed by atoms with Crippen molar-refractivity contribution >= 4 is 0 Å². The van der Waals surface area contributed by atoms with E-state index in [1.54, 1.807) is 37.8 Å². The number of rotatable bonds is 5. The first kappa shape index (κ1) is 16.8. The number of pyridine rings is 1. The number of nitrogens with zero attached hydrogens (tertiary/aromatic N) is 3. The van der Waals surface area contributed by atoms with Crippen LogP contribution in [-0.2, 0) is 6.42 Å². The van der Waals surface area contributed by atoms with Gasteiger partial charge in [-0.2, -0.15) is 0 Å². The molecule has 0 radical (unpaired) electrons. The lowest BCUT2D eigenvalue weighted by Crippen LogP contribution is -1.98. The van der Waals surface area contributed by atoms with Crippen LogP contribution in [0, 0.1) is 12.7 Å². The number of hydrogen-bond donors (Lipinski definition) is 0. The van der Waals surface area contributed by atoms with E-state index in [9.17, 15) is 4.39 Å². The van der Waals surface area contributed by atoms with Crippen LogP contribution < -0.4 is 9.47 Å². The van der Waals surface area contributed by atoms with Crippen molar-refractivity contribution in [2.45, 2.75) is 13.3 Å². The maximum Gasteiger partial charge on any atom is 0.221 e. The lowest BCUT2D eigenvalue weighted by Gasteiger charge is -2.11. The zero-order valence-corrected chi connectivity index (χ0v) is 14.3. The smallest absolute Gasteiger partial charge is 0.221 e. The monoisotopic (exact) mass is 339 g/mol. The Morgan fingerprint density at radius 2 is 1.64 bits per heavy atom. The number of methoxy groups -OCH3 is 2. The van der Waals surface area contributed by atoms with Gasteiger partial charge in [0.2, 0.25) is 5.88 Å². The second-order valence-electron chi connectivity index (χ2n) is 5.57. The Bertz CT molecular complexity index is 882. The number of ether oxygens (including phenoxy) is 2. The molecule has 0 unspecified atom stereocenters. The van der Waals surface area contributed by atoms with E-state index in [-0.39, 0.29) is 5.75 Å². The molecule has 0 saturated carbocycles. The van der Waals surface area contributed by atoms with Crippen LogP contribution >= 0.6 is 0 Å². The summed E-state index contributed by atoms with van der Waals surface area (Å²) in [6.45, 7) is 1.85. The van der Waals surface area contributed by atoms with Crippen molar-refractivity contribution in [3.8, 4) is 22.8 Å². The molecule has 25 heavy (non-hydrogen) atoms. The lowest BCUT2D eigenvalue weighted by molar-refractivity contribution is 0.386. The summed E-state index contributed by atoms with van der Waals surface area (Å²) < 4.78 is 24.1. The molecule has 1 aromatic carbocycles. The van der Waals surface area contributed by atoms with Gasteiger partial charge in [-0.1, -0.05) is 6.07 Å². The first-order chi connectivity index (χ1) is 12.1. The van der Waals surface area contributed by atoms with Gasteiger partial charge in [-0.15, -0.1) is 0 Å². The van der Waals surface area contributed by atoms with Crippen molar-refractivity contribution in [3.05, 3.63) is 65.6 Å². The van der Waals surface area contributed by atoms with E-state index < -0.39 is 5.82 Å². The Kier molecular flexibility index (Phi) is 4.88. The van der Waals surface area contributed by atoms with Crippen LogP contribution in [0.2, 0.25) is 0 Å². The minimum atomic E-state index is -0.411. The second-order valence-corrected chi connectivity index (χ2v) is 5.57. The molecule has 0 aliphatic rings. The topological polar surface area (TPSA) is 57.1 Å². The first-order valence-corrected chi connectivity index (χ1v) is 7.75. The molecule has 2 heterocycles. The average Bonchev–Trinajstić information content (AvgIpc) is 2.64. The number of hydrogen-bond acceptors (Lipinski definition) is 5. The van der Waals surface area contributed by atoms with E-state index in [4.69, 9.17) is 9.47 Å². The molecule has 0 spiro atoms. The van der Waals surface area contributed by atoms with Crippen molar-refractivity contribution in [2.75, 3.05) is 14.2 Å². The summed E-state index contributed by atoms with van der Waals surface area (Å²) in [5.74, 6) is 0.969. The largest absolute Gasteiger partial charge is 0.494 e. The van der Waals surface area contributed by atoms with Crippen LogP contribution in [0.1, 0.15) is 17.0 Å². The van der Waals surface area contributed by atoms with Gasteiger partial charge in [0.05, 0.1) is 14.2 Å². The molecule has 0 N–H and O–H groups in total. The molecule has 0 bridgehead atoms. The molecule has 0 aliphatic carbocycles. The highest BCUT2D eigenvalue weighted by molar-refractivity contribution is 5.70. The third-order valence-electron chi connectivity index (χ3n) is 3.81. The van der Waals surface area contributed by atoms with E-state index in [0.717, 1.165) is 28.1 Å². The van der Waals surface area contributed by atoms with Gasteiger partial charge in [-0.25, -0.2) is 19.3 Å². The molecule has 6 heteroatoms. The fraction of sp³-hybridized carbons (Fsp3) is 0.211. The summed E-state index contributed by atoms with van der Waals surface area (Å²) in [6, 6.07) is 6.65. The Labute approximate surface area is 145 Å². The van der Waals surface area contributed by atoms with Gasteiger partial charge < -0.3 is 9.47 Å². The van der Waals surface area contributed by atoms with Gasteiger partial charge in [-0.3, -0.25) is 0 Å². The first-order valence-electron chi connectivity index (χ1n) is 7.75. The molecule has 0 atom stereocenters. The van der Waals surface area contributed by atoms with Crippen LogP contribution in [0.15, 0.2) is 42.9 Å². The zero-order valence-electron chi connectivity index (χ0n) is 14.3. The molecular weight excluding hydrogens is 321 g/mol. The predicted molar refractivity (Wildman–Crippen MR) is 92.3 cm³/mol. The van der Waals surface area contributed by atoms with E-state index >= 15 is 0 Å². The Hall–Kier alpha value is -3.02. The quantitative estimate of drug-likeness (QED) is 0.711. The van der Waals surface area contributed by atoms with Crippen LogP contribution in [-0.4, -0.2) is 29.2 Å². The Morgan fingerprint density at radius 3 is 2.32 bits per heavy atom. The van der Waals surface area contributed by atoms with Gasteiger partial charge >= 0.3 is 0 Å². The van der Waals surface area contributed by atoms with Gasteiger partial charge in [-0.05, 0) is 41.8 Å². The molecule has 3 aromatic rings. The van der Waals surface area contributed by atoms with Crippen molar-refractivity contribution in [1.29, 1.82) is 0 Å². The van der Waals surface area contributed by atoms with Crippen molar-refractivity contribution in [1.82, 2.24) is 15.0 Å². The van der Waals surface area contributed by atoms with Crippen molar-refractivity contribution in [2.24, 2.45) is 0 Å². The minimum absolute atomic E-state index is 0.178. The minimum Gasteiger partial charge on any atom is -0.494 e.